The number of nitrogens with zero attached hydrogens (tertiary/aromatic N) is 1. The maximum atomic E-state index is 11.3. The number of carbonyl (C=O) groups is 1. The number of likely N-dealkylation sites (N-methyl/N-ethyl adjacent to an activating group) is 1. The molecule has 3 unspecified atom stereocenters. The minimum Gasteiger partial charge on any atom is -0.480 e. The van der Waals surface area contributed by atoms with E-state index in [9.17, 15) is 9.90 Å². The molecule has 2 N–H and O–H groups in total. The number of hydrogen-bond acceptors (Lipinski definition) is 3. The molecule has 3 atom stereocenters. The Kier molecular flexibility index (Phi) is 8.62. The second kappa shape index (κ2) is 9.96. The number of unbranched alkanes of at least 4 members (excludes halogenated alkanes) is 4. The summed E-state index contributed by atoms with van der Waals surface area (Å²) in [4.78, 5) is 13.8. The summed E-state index contributed by atoms with van der Waals surface area (Å²) >= 11 is 0. The molecule has 1 rings (SSSR count). The molecule has 0 saturated carbocycles. The van der Waals surface area contributed by atoms with Gasteiger partial charge >= 0.3 is 5.97 Å². The lowest BCUT2D eigenvalue weighted by atomic mass is 9.80. The molecule has 4 nitrogen and oxygen atoms in total. The minimum atomic E-state index is -0.748. The fourth-order valence-electron chi connectivity index (χ4n) is 3.40. The largest absolute Gasteiger partial charge is 0.480 e. The number of piperidine rings is 1. The van der Waals surface area contributed by atoms with Crippen LogP contribution in [-0.4, -0.2) is 48.7 Å². The van der Waals surface area contributed by atoms with E-state index in [2.05, 4.69) is 23.7 Å². The molecule has 0 amide bonds. The molecule has 21 heavy (non-hydrogen) atoms. The number of likely N-dealkylation sites (tertiary alicyclic amines) is 1. The third kappa shape index (κ3) is 5.79. The molecule has 0 aromatic heterocycles. The molecule has 0 aliphatic carbocycles. The zero-order valence-electron chi connectivity index (χ0n) is 13.7. The summed E-state index contributed by atoms with van der Waals surface area (Å²) in [5.41, 5.74) is 0. The highest BCUT2D eigenvalue weighted by Gasteiger charge is 2.35. The first-order chi connectivity index (χ1) is 10.1. The lowest BCUT2D eigenvalue weighted by molar-refractivity contribution is -0.141. The molecule has 1 fully saturated rings. The van der Waals surface area contributed by atoms with E-state index in [0.717, 1.165) is 26.1 Å². The van der Waals surface area contributed by atoms with Crippen molar-refractivity contribution in [2.45, 2.75) is 51.5 Å². The third-order valence-electron chi connectivity index (χ3n) is 4.68. The first-order valence-corrected chi connectivity index (χ1v) is 8.39. The van der Waals surface area contributed by atoms with Crippen molar-refractivity contribution < 1.29 is 9.90 Å². The topological polar surface area (TPSA) is 52.6 Å². The van der Waals surface area contributed by atoms with Crippen LogP contribution in [0.4, 0.5) is 0 Å². The number of rotatable bonds is 10. The van der Waals surface area contributed by atoms with E-state index in [1.807, 2.05) is 6.08 Å². The van der Waals surface area contributed by atoms with Crippen molar-refractivity contribution in [3.05, 3.63) is 12.7 Å². The van der Waals surface area contributed by atoms with Crippen LogP contribution in [0.5, 0.6) is 0 Å². The Bertz CT molecular complexity index is 320. The van der Waals surface area contributed by atoms with Gasteiger partial charge in [0.1, 0.15) is 6.04 Å². The quantitative estimate of drug-likeness (QED) is 0.481. The SMILES string of the molecule is C=CC1CN(CCCCCCC)CCC1C(NC)C(=O)O. The van der Waals surface area contributed by atoms with Crippen LogP contribution in [0, 0.1) is 11.8 Å². The molecule has 0 radical (unpaired) electrons. The highest BCUT2D eigenvalue weighted by atomic mass is 16.4. The highest BCUT2D eigenvalue weighted by molar-refractivity contribution is 5.74. The maximum Gasteiger partial charge on any atom is 0.320 e. The number of carboxylic acid groups (broad SMARTS) is 1. The van der Waals surface area contributed by atoms with Crippen LogP contribution in [0.1, 0.15) is 45.4 Å². The van der Waals surface area contributed by atoms with Gasteiger partial charge in [-0.2, -0.15) is 0 Å². The Morgan fingerprint density at radius 3 is 2.71 bits per heavy atom. The molecule has 122 valence electrons. The summed E-state index contributed by atoms with van der Waals surface area (Å²) in [5, 5.41) is 12.3. The van der Waals surface area contributed by atoms with Gasteiger partial charge in [0, 0.05) is 6.54 Å². The van der Waals surface area contributed by atoms with E-state index < -0.39 is 12.0 Å². The van der Waals surface area contributed by atoms with Crippen LogP contribution in [0.15, 0.2) is 12.7 Å². The summed E-state index contributed by atoms with van der Waals surface area (Å²) in [6.07, 6.45) is 9.39. The fourth-order valence-corrected chi connectivity index (χ4v) is 3.40. The summed E-state index contributed by atoms with van der Waals surface area (Å²) in [6, 6.07) is -0.459. The maximum absolute atomic E-state index is 11.3. The van der Waals surface area contributed by atoms with Crippen LogP contribution >= 0.6 is 0 Å². The lowest BCUT2D eigenvalue weighted by Crippen LogP contribution is -2.50. The van der Waals surface area contributed by atoms with Gasteiger partial charge in [0.15, 0.2) is 0 Å². The van der Waals surface area contributed by atoms with Crippen molar-refractivity contribution >= 4 is 5.97 Å². The Balaban J connectivity index is 2.41. The molecule has 0 bridgehead atoms. The number of nitrogens with one attached hydrogen (secondary N) is 1. The average molecular weight is 296 g/mol. The van der Waals surface area contributed by atoms with Gasteiger partial charge < -0.3 is 15.3 Å². The van der Waals surface area contributed by atoms with Crippen molar-refractivity contribution in [2.24, 2.45) is 11.8 Å². The monoisotopic (exact) mass is 296 g/mol. The van der Waals surface area contributed by atoms with E-state index in [0.29, 0.717) is 0 Å². The Morgan fingerprint density at radius 1 is 1.43 bits per heavy atom. The van der Waals surface area contributed by atoms with E-state index in [4.69, 9.17) is 0 Å². The molecular formula is C17H32N2O2. The smallest absolute Gasteiger partial charge is 0.320 e. The summed E-state index contributed by atoms with van der Waals surface area (Å²) < 4.78 is 0. The van der Waals surface area contributed by atoms with Gasteiger partial charge in [0.25, 0.3) is 0 Å². The number of hydrogen-bond donors (Lipinski definition) is 2. The molecule has 1 heterocycles. The normalized spacial score (nSPS) is 24.7. The Labute approximate surface area is 129 Å². The molecule has 0 aromatic carbocycles. The van der Waals surface area contributed by atoms with Crippen LogP contribution in [0.3, 0.4) is 0 Å². The standard InChI is InChI=1S/C17H32N2O2/c1-4-6-7-8-9-11-19-12-10-15(14(5-2)13-19)16(18-3)17(20)21/h5,14-16,18H,2,4,6-13H2,1,3H3,(H,20,21). The lowest BCUT2D eigenvalue weighted by Gasteiger charge is -2.39. The minimum absolute atomic E-state index is 0.154. The van der Waals surface area contributed by atoms with Crippen molar-refractivity contribution in [1.29, 1.82) is 0 Å². The zero-order valence-corrected chi connectivity index (χ0v) is 13.7. The van der Waals surface area contributed by atoms with Gasteiger partial charge in [0.05, 0.1) is 0 Å². The van der Waals surface area contributed by atoms with Gasteiger partial charge in [0.2, 0.25) is 0 Å². The summed E-state index contributed by atoms with van der Waals surface area (Å²) in [7, 11) is 1.74. The van der Waals surface area contributed by atoms with Gasteiger partial charge in [-0.1, -0.05) is 38.7 Å². The fraction of sp³-hybridized carbons (Fsp3) is 0.824. The van der Waals surface area contributed by atoms with Crippen molar-refractivity contribution in [1.82, 2.24) is 10.2 Å². The second-order valence-electron chi connectivity index (χ2n) is 6.17. The molecule has 1 aliphatic heterocycles. The van der Waals surface area contributed by atoms with Crippen molar-refractivity contribution in [3.8, 4) is 0 Å². The van der Waals surface area contributed by atoms with Gasteiger partial charge in [-0.15, -0.1) is 6.58 Å². The first-order valence-electron chi connectivity index (χ1n) is 8.39. The first kappa shape index (κ1) is 18.2. The van der Waals surface area contributed by atoms with Crippen LogP contribution < -0.4 is 5.32 Å². The van der Waals surface area contributed by atoms with E-state index in [-0.39, 0.29) is 11.8 Å². The van der Waals surface area contributed by atoms with Gasteiger partial charge in [-0.25, -0.2) is 0 Å². The molecule has 4 heteroatoms. The number of carboxylic acids is 1. The van der Waals surface area contributed by atoms with Gasteiger partial charge in [-0.3, -0.25) is 4.79 Å². The molecule has 0 aromatic rings. The predicted octanol–water partition coefficient (Wildman–Crippen LogP) is 2.75. The van der Waals surface area contributed by atoms with Crippen LogP contribution in [0.25, 0.3) is 0 Å². The Hall–Kier alpha value is -0.870. The highest BCUT2D eigenvalue weighted by Crippen LogP contribution is 2.28. The summed E-state index contributed by atoms with van der Waals surface area (Å²) in [6.45, 7) is 9.25. The van der Waals surface area contributed by atoms with E-state index in [1.165, 1.54) is 32.1 Å². The van der Waals surface area contributed by atoms with Gasteiger partial charge in [-0.05, 0) is 44.8 Å². The van der Waals surface area contributed by atoms with Crippen molar-refractivity contribution in [3.63, 3.8) is 0 Å². The average Bonchev–Trinajstić information content (AvgIpc) is 2.48. The third-order valence-corrected chi connectivity index (χ3v) is 4.68. The molecule has 0 spiro atoms. The summed E-state index contributed by atoms with van der Waals surface area (Å²) in [5.74, 6) is -0.327. The molecule has 1 aliphatic rings. The van der Waals surface area contributed by atoms with Crippen LogP contribution in [0.2, 0.25) is 0 Å². The Morgan fingerprint density at radius 2 is 2.14 bits per heavy atom. The van der Waals surface area contributed by atoms with E-state index >= 15 is 0 Å². The number of aliphatic carboxylic acids is 1. The predicted molar refractivity (Wildman–Crippen MR) is 87.5 cm³/mol. The van der Waals surface area contributed by atoms with E-state index in [1.54, 1.807) is 7.05 Å². The zero-order chi connectivity index (χ0) is 15.7. The van der Waals surface area contributed by atoms with Crippen molar-refractivity contribution in [2.75, 3.05) is 26.7 Å². The molecular weight excluding hydrogens is 264 g/mol. The van der Waals surface area contributed by atoms with Crippen LogP contribution in [-0.2, 0) is 4.79 Å². The second-order valence-corrected chi connectivity index (χ2v) is 6.17. The molecule has 1 saturated heterocycles.